The van der Waals surface area contributed by atoms with E-state index in [4.69, 9.17) is 0 Å². The third kappa shape index (κ3) is 5.61. The van der Waals surface area contributed by atoms with Gasteiger partial charge in [0, 0.05) is 25.3 Å². The van der Waals surface area contributed by atoms with Crippen LogP contribution in [-0.4, -0.2) is 49.3 Å². The summed E-state index contributed by atoms with van der Waals surface area (Å²) in [4.78, 5) is 0.241. The Labute approximate surface area is 131 Å². The van der Waals surface area contributed by atoms with E-state index in [1.54, 1.807) is 22.6 Å². The molecule has 0 aliphatic heterocycles. The van der Waals surface area contributed by atoms with Crippen molar-refractivity contribution < 1.29 is 8.42 Å². The molecule has 2 N–H and O–H groups in total. The average Bonchev–Trinajstić information content (AvgIpc) is 3.12. The lowest BCUT2D eigenvalue weighted by Crippen LogP contribution is -2.29. The van der Waals surface area contributed by atoms with E-state index in [1.165, 1.54) is 19.0 Å². The molecule has 1 heterocycles. The SMILES string of the molecule is CSCC(C)CNS(=O)(=O)c1cnn(CCNC2CC2)c1. The van der Waals surface area contributed by atoms with Crippen molar-refractivity contribution >= 4 is 21.8 Å². The van der Waals surface area contributed by atoms with Gasteiger partial charge in [-0.1, -0.05) is 6.92 Å². The number of sulfonamides is 1. The van der Waals surface area contributed by atoms with Crippen LogP contribution in [0.1, 0.15) is 19.8 Å². The first-order valence-corrected chi connectivity index (χ1v) is 10.1. The summed E-state index contributed by atoms with van der Waals surface area (Å²) in [6.07, 6.45) is 7.52. The highest BCUT2D eigenvalue weighted by atomic mass is 32.2. The van der Waals surface area contributed by atoms with Crippen molar-refractivity contribution in [3.05, 3.63) is 12.4 Å². The Bertz CT molecular complexity index is 540. The highest BCUT2D eigenvalue weighted by Gasteiger charge is 2.20. The van der Waals surface area contributed by atoms with Crippen LogP contribution in [0.15, 0.2) is 17.3 Å². The molecule has 1 fully saturated rings. The summed E-state index contributed by atoms with van der Waals surface area (Å²) in [7, 11) is -3.44. The molecule has 0 aromatic carbocycles. The second-order valence-electron chi connectivity index (χ2n) is 5.58. The van der Waals surface area contributed by atoms with E-state index in [1.807, 2.05) is 13.2 Å². The molecular formula is C13H24N4O2S2. The Morgan fingerprint density at radius 1 is 1.52 bits per heavy atom. The van der Waals surface area contributed by atoms with Gasteiger partial charge < -0.3 is 5.32 Å². The van der Waals surface area contributed by atoms with Gasteiger partial charge in [0.25, 0.3) is 0 Å². The van der Waals surface area contributed by atoms with Crippen molar-refractivity contribution in [2.24, 2.45) is 5.92 Å². The second-order valence-corrected chi connectivity index (χ2v) is 8.26. The monoisotopic (exact) mass is 332 g/mol. The Hall–Kier alpha value is -0.570. The van der Waals surface area contributed by atoms with Gasteiger partial charge in [-0.15, -0.1) is 0 Å². The summed E-state index contributed by atoms with van der Waals surface area (Å²) >= 11 is 1.72. The fourth-order valence-corrected chi connectivity index (χ4v) is 3.76. The maximum absolute atomic E-state index is 12.2. The van der Waals surface area contributed by atoms with E-state index in [9.17, 15) is 8.42 Å². The number of rotatable bonds is 10. The maximum atomic E-state index is 12.2. The van der Waals surface area contributed by atoms with Crippen LogP contribution in [0.5, 0.6) is 0 Å². The van der Waals surface area contributed by atoms with Crippen molar-refractivity contribution in [2.75, 3.05) is 25.1 Å². The number of thioether (sulfide) groups is 1. The Balaban J connectivity index is 1.82. The fraction of sp³-hybridized carbons (Fsp3) is 0.769. The molecule has 0 radical (unpaired) electrons. The molecule has 1 saturated carbocycles. The minimum Gasteiger partial charge on any atom is -0.312 e. The van der Waals surface area contributed by atoms with Crippen LogP contribution in [0, 0.1) is 5.92 Å². The van der Waals surface area contributed by atoms with Crippen LogP contribution in [0.3, 0.4) is 0 Å². The largest absolute Gasteiger partial charge is 0.312 e. The molecule has 1 aromatic heterocycles. The van der Waals surface area contributed by atoms with Crippen LogP contribution in [-0.2, 0) is 16.6 Å². The lowest BCUT2D eigenvalue weighted by molar-refractivity contribution is 0.550. The highest BCUT2D eigenvalue weighted by Crippen LogP contribution is 2.18. The first-order valence-electron chi connectivity index (χ1n) is 7.25. The van der Waals surface area contributed by atoms with Crippen molar-refractivity contribution in [1.29, 1.82) is 0 Å². The molecule has 1 atom stereocenters. The average molecular weight is 332 g/mol. The number of hydrogen-bond acceptors (Lipinski definition) is 5. The summed E-state index contributed by atoms with van der Waals surface area (Å²) in [6.45, 7) is 4.00. The molecule has 0 saturated heterocycles. The van der Waals surface area contributed by atoms with Crippen LogP contribution >= 0.6 is 11.8 Å². The molecular weight excluding hydrogens is 308 g/mol. The van der Waals surface area contributed by atoms with Gasteiger partial charge in [0.15, 0.2) is 0 Å². The van der Waals surface area contributed by atoms with E-state index in [0.717, 1.165) is 12.3 Å². The van der Waals surface area contributed by atoms with Gasteiger partial charge >= 0.3 is 0 Å². The lowest BCUT2D eigenvalue weighted by Gasteiger charge is -2.10. The van der Waals surface area contributed by atoms with Crippen molar-refractivity contribution in [1.82, 2.24) is 19.8 Å². The lowest BCUT2D eigenvalue weighted by atomic mass is 10.2. The zero-order chi connectivity index (χ0) is 15.3. The molecule has 21 heavy (non-hydrogen) atoms. The van der Waals surface area contributed by atoms with Crippen LogP contribution < -0.4 is 10.0 Å². The van der Waals surface area contributed by atoms with Gasteiger partial charge in [-0.2, -0.15) is 16.9 Å². The fourth-order valence-electron chi connectivity index (χ4n) is 1.96. The molecule has 0 bridgehead atoms. The number of hydrogen-bond donors (Lipinski definition) is 2. The van der Waals surface area contributed by atoms with E-state index in [-0.39, 0.29) is 4.90 Å². The molecule has 120 valence electrons. The summed E-state index contributed by atoms with van der Waals surface area (Å²) in [5, 5.41) is 7.50. The first-order chi connectivity index (χ1) is 10.0. The van der Waals surface area contributed by atoms with Crippen LogP contribution in [0.2, 0.25) is 0 Å². The second kappa shape index (κ2) is 7.62. The smallest absolute Gasteiger partial charge is 0.243 e. The van der Waals surface area contributed by atoms with E-state index < -0.39 is 10.0 Å². The quantitative estimate of drug-likeness (QED) is 0.666. The predicted octanol–water partition coefficient (Wildman–Crippen LogP) is 0.913. The van der Waals surface area contributed by atoms with Crippen LogP contribution in [0.25, 0.3) is 0 Å². The molecule has 1 aliphatic carbocycles. The summed E-state index contributed by atoms with van der Waals surface area (Å²) in [6, 6.07) is 0.656. The van der Waals surface area contributed by atoms with Gasteiger partial charge in [-0.3, -0.25) is 4.68 Å². The predicted molar refractivity (Wildman–Crippen MR) is 86.0 cm³/mol. The van der Waals surface area contributed by atoms with Crippen molar-refractivity contribution in [3.8, 4) is 0 Å². The molecule has 8 heteroatoms. The Morgan fingerprint density at radius 2 is 2.29 bits per heavy atom. The van der Waals surface area contributed by atoms with Crippen molar-refractivity contribution in [3.63, 3.8) is 0 Å². The van der Waals surface area contributed by atoms with Gasteiger partial charge in [0.05, 0.1) is 12.7 Å². The van der Waals surface area contributed by atoms with E-state index >= 15 is 0 Å². The number of nitrogens with one attached hydrogen (secondary N) is 2. The zero-order valence-corrected chi connectivity index (χ0v) is 14.2. The number of aromatic nitrogens is 2. The Morgan fingerprint density at radius 3 is 2.95 bits per heavy atom. The molecule has 2 rings (SSSR count). The normalized spacial score (nSPS) is 17.0. The number of nitrogens with zero attached hydrogens (tertiary/aromatic N) is 2. The standard InChI is InChI=1S/C13H24N4O2S2/c1-11(10-20-2)7-16-21(18,19)13-8-15-17(9-13)6-5-14-12-3-4-12/h8-9,11-12,14,16H,3-7,10H2,1-2H3. The molecule has 1 aliphatic rings. The van der Waals surface area contributed by atoms with Crippen LogP contribution in [0.4, 0.5) is 0 Å². The molecule has 0 spiro atoms. The van der Waals surface area contributed by atoms with E-state index in [0.29, 0.717) is 25.0 Å². The highest BCUT2D eigenvalue weighted by molar-refractivity contribution is 7.98. The van der Waals surface area contributed by atoms with Crippen molar-refractivity contribution in [2.45, 2.75) is 37.2 Å². The third-order valence-corrected chi connectivity index (χ3v) is 5.62. The van der Waals surface area contributed by atoms with Gasteiger partial charge in [-0.25, -0.2) is 13.1 Å². The molecule has 1 aromatic rings. The third-order valence-electron chi connectivity index (χ3n) is 3.34. The minimum absolute atomic E-state index is 0.241. The van der Waals surface area contributed by atoms with Gasteiger partial charge in [-0.05, 0) is 30.8 Å². The molecule has 0 amide bonds. The van der Waals surface area contributed by atoms with E-state index in [2.05, 4.69) is 15.1 Å². The molecule has 6 nitrogen and oxygen atoms in total. The zero-order valence-electron chi connectivity index (χ0n) is 12.6. The van der Waals surface area contributed by atoms with Gasteiger partial charge in [0.2, 0.25) is 10.0 Å². The Kier molecular flexibility index (Phi) is 6.09. The maximum Gasteiger partial charge on any atom is 0.243 e. The summed E-state index contributed by atoms with van der Waals surface area (Å²) < 4.78 is 28.6. The summed E-state index contributed by atoms with van der Waals surface area (Å²) in [5.74, 6) is 1.25. The first kappa shape index (κ1) is 16.8. The topological polar surface area (TPSA) is 76.0 Å². The summed E-state index contributed by atoms with van der Waals surface area (Å²) in [5.41, 5.74) is 0. The van der Waals surface area contributed by atoms with Gasteiger partial charge in [0.1, 0.15) is 4.90 Å². The molecule has 1 unspecified atom stereocenters. The minimum atomic E-state index is -3.44.